The minimum absolute atomic E-state index is 0.0262. The number of nitrogens with two attached hydrogens (primary N) is 1. The quantitative estimate of drug-likeness (QED) is 0.874. The normalized spacial score (nSPS) is 18.5. The van der Waals surface area contributed by atoms with Crippen molar-refractivity contribution in [3.63, 3.8) is 0 Å². The molecule has 0 aliphatic carbocycles. The molecule has 0 bridgehead atoms. The standard InChI is InChI=1S/C14H23N3OS/c1-14(2,3)17-7-4-10(5-8-17)16-13(18)12-11(15)6-9-19-12/h6,9-10H,4-5,7-8,15H2,1-3H3,(H,16,18). The first-order chi connectivity index (χ1) is 8.88. The molecule has 0 radical (unpaired) electrons. The molecule has 2 heterocycles. The number of nitrogens with zero attached hydrogens (tertiary/aromatic N) is 1. The highest BCUT2D eigenvalue weighted by Gasteiger charge is 2.28. The lowest BCUT2D eigenvalue weighted by Crippen LogP contribution is -2.50. The van der Waals surface area contributed by atoms with Gasteiger partial charge in [0.1, 0.15) is 4.88 Å². The number of nitrogens with one attached hydrogen (secondary N) is 1. The number of carbonyl (C=O) groups excluding carboxylic acids is 1. The Labute approximate surface area is 119 Å². The molecule has 2 rings (SSSR count). The number of carbonyl (C=O) groups is 1. The van der Waals surface area contributed by atoms with Crippen LogP contribution < -0.4 is 11.1 Å². The van der Waals surface area contributed by atoms with Gasteiger partial charge in [0, 0.05) is 24.7 Å². The van der Waals surface area contributed by atoms with Gasteiger partial charge in [0.2, 0.25) is 0 Å². The molecule has 0 unspecified atom stereocenters. The summed E-state index contributed by atoms with van der Waals surface area (Å²) >= 11 is 1.40. The molecular formula is C14H23N3OS. The van der Waals surface area contributed by atoms with Gasteiger partial charge >= 0.3 is 0 Å². The van der Waals surface area contributed by atoms with E-state index in [0.29, 0.717) is 10.6 Å². The van der Waals surface area contributed by atoms with Crippen molar-refractivity contribution in [3.05, 3.63) is 16.3 Å². The maximum Gasteiger partial charge on any atom is 0.263 e. The largest absolute Gasteiger partial charge is 0.397 e. The molecule has 4 nitrogen and oxygen atoms in total. The van der Waals surface area contributed by atoms with E-state index in [2.05, 4.69) is 31.0 Å². The molecule has 1 aromatic rings. The van der Waals surface area contributed by atoms with E-state index < -0.39 is 0 Å². The van der Waals surface area contributed by atoms with Crippen molar-refractivity contribution in [2.75, 3.05) is 18.8 Å². The highest BCUT2D eigenvalue weighted by molar-refractivity contribution is 7.12. The summed E-state index contributed by atoms with van der Waals surface area (Å²) in [6.45, 7) is 8.78. The summed E-state index contributed by atoms with van der Waals surface area (Å²) < 4.78 is 0. The van der Waals surface area contributed by atoms with Gasteiger partial charge in [-0.15, -0.1) is 11.3 Å². The summed E-state index contributed by atoms with van der Waals surface area (Å²) in [5.41, 5.74) is 6.56. The van der Waals surface area contributed by atoms with Gasteiger partial charge in [-0.1, -0.05) is 0 Å². The molecule has 1 fully saturated rings. The summed E-state index contributed by atoms with van der Waals surface area (Å²) in [6.07, 6.45) is 2.02. The summed E-state index contributed by atoms with van der Waals surface area (Å²) in [4.78, 5) is 15.2. The van der Waals surface area contributed by atoms with Crippen molar-refractivity contribution >= 4 is 22.9 Å². The van der Waals surface area contributed by atoms with E-state index in [9.17, 15) is 4.79 Å². The van der Waals surface area contributed by atoms with Gasteiger partial charge in [0.05, 0.1) is 5.69 Å². The lowest BCUT2D eigenvalue weighted by atomic mass is 9.98. The fourth-order valence-electron chi connectivity index (χ4n) is 2.45. The predicted octanol–water partition coefficient (Wildman–Crippen LogP) is 2.32. The zero-order valence-corrected chi connectivity index (χ0v) is 12.7. The Hall–Kier alpha value is -1.07. The molecule has 0 atom stereocenters. The first-order valence-electron chi connectivity index (χ1n) is 6.77. The number of anilines is 1. The number of thiophene rings is 1. The average molecular weight is 281 g/mol. The Bertz CT molecular complexity index is 442. The molecule has 1 aliphatic rings. The molecule has 0 aromatic carbocycles. The lowest BCUT2D eigenvalue weighted by molar-refractivity contribution is 0.0816. The molecular weight excluding hydrogens is 258 g/mol. The van der Waals surface area contributed by atoms with E-state index in [0.717, 1.165) is 25.9 Å². The molecule has 1 saturated heterocycles. The van der Waals surface area contributed by atoms with Gasteiger partial charge < -0.3 is 11.1 Å². The molecule has 1 aliphatic heterocycles. The van der Waals surface area contributed by atoms with Gasteiger partial charge in [-0.25, -0.2) is 0 Å². The van der Waals surface area contributed by atoms with Crippen molar-refractivity contribution in [2.24, 2.45) is 0 Å². The Morgan fingerprint density at radius 1 is 1.42 bits per heavy atom. The first-order valence-corrected chi connectivity index (χ1v) is 7.65. The van der Waals surface area contributed by atoms with E-state index in [1.54, 1.807) is 6.07 Å². The van der Waals surface area contributed by atoms with Crippen LogP contribution in [-0.4, -0.2) is 35.5 Å². The van der Waals surface area contributed by atoms with Gasteiger partial charge in [-0.05, 0) is 45.1 Å². The molecule has 5 heteroatoms. The van der Waals surface area contributed by atoms with Crippen LogP contribution in [-0.2, 0) is 0 Å². The maximum atomic E-state index is 12.1. The first kappa shape index (κ1) is 14.3. The molecule has 106 valence electrons. The third-order valence-electron chi connectivity index (χ3n) is 3.68. The van der Waals surface area contributed by atoms with E-state index in [1.807, 2.05) is 5.38 Å². The minimum Gasteiger partial charge on any atom is -0.397 e. The van der Waals surface area contributed by atoms with Crippen LogP contribution in [0.15, 0.2) is 11.4 Å². The fourth-order valence-corrected chi connectivity index (χ4v) is 3.17. The summed E-state index contributed by atoms with van der Waals surface area (Å²) in [7, 11) is 0. The monoisotopic (exact) mass is 281 g/mol. The van der Waals surface area contributed by atoms with Crippen molar-refractivity contribution in [1.82, 2.24) is 10.2 Å². The van der Waals surface area contributed by atoms with Gasteiger partial charge in [-0.3, -0.25) is 9.69 Å². The topological polar surface area (TPSA) is 58.4 Å². The van der Waals surface area contributed by atoms with Gasteiger partial charge in [-0.2, -0.15) is 0 Å². The molecule has 3 N–H and O–H groups in total. The molecule has 0 saturated carbocycles. The summed E-state index contributed by atoms with van der Waals surface area (Å²) in [6, 6.07) is 2.05. The predicted molar refractivity (Wildman–Crippen MR) is 80.5 cm³/mol. The third-order valence-corrected chi connectivity index (χ3v) is 4.61. The zero-order valence-electron chi connectivity index (χ0n) is 11.9. The van der Waals surface area contributed by atoms with Gasteiger partial charge in [0.15, 0.2) is 0 Å². The molecule has 1 aromatic heterocycles. The number of hydrogen-bond acceptors (Lipinski definition) is 4. The summed E-state index contributed by atoms with van der Waals surface area (Å²) in [5, 5.41) is 4.95. The third kappa shape index (κ3) is 3.48. The van der Waals surface area contributed by atoms with E-state index in [1.165, 1.54) is 11.3 Å². The average Bonchev–Trinajstić information content (AvgIpc) is 2.75. The van der Waals surface area contributed by atoms with Crippen molar-refractivity contribution in [2.45, 2.75) is 45.2 Å². The van der Waals surface area contributed by atoms with Gasteiger partial charge in [0.25, 0.3) is 5.91 Å². The smallest absolute Gasteiger partial charge is 0.263 e. The number of likely N-dealkylation sites (tertiary alicyclic amines) is 1. The number of nitrogen functional groups attached to an aromatic ring is 1. The number of rotatable bonds is 2. The second kappa shape index (κ2) is 5.51. The summed E-state index contributed by atoms with van der Waals surface area (Å²) in [5.74, 6) is -0.0262. The highest BCUT2D eigenvalue weighted by atomic mass is 32.1. The lowest BCUT2D eigenvalue weighted by Gasteiger charge is -2.41. The Balaban J connectivity index is 1.86. The van der Waals surface area contributed by atoms with Crippen molar-refractivity contribution in [1.29, 1.82) is 0 Å². The van der Waals surface area contributed by atoms with Crippen LogP contribution in [0.3, 0.4) is 0 Å². The number of amides is 1. The zero-order chi connectivity index (χ0) is 14.0. The van der Waals surface area contributed by atoms with Crippen LogP contribution in [0.2, 0.25) is 0 Å². The second-order valence-electron chi connectivity index (χ2n) is 6.11. The Morgan fingerprint density at radius 2 is 2.05 bits per heavy atom. The van der Waals surface area contributed by atoms with Crippen LogP contribution in [0.1, 0.15) is 43.3 Å². The minimum atomic E-state index is -0.0262. The molecule has 1 amide bonds. The van der Waals surface area contributed by atoms with Crippen molar-refractivity contribution < 1.29 is 4.79 Å². The SMILES string of the molecule is CC(C)(C)N1CCC(NC(=O)c2sccc2N)CC1. The molecule has 0 spiro atoms. The van der Waals surface area contributed by atoms with E-state index in [4.69, 9.17) is 5.73 Å². The number of piperidine rings is 1. The van der Waals surface area contributed by atoms with Crippen LogP contribution in [0.4, 0.5) is 5.69 Å². The molecule has 19 heavy (non-hydrogen) atoms. The number of hydrogen-bond donors (Lipinski definition) is 2. The van der Waals surface area contributed by atoms with E-state index in [-0.39, 0.29) is 17.5 Å². The van der Waals surface area contributed by atoms with Crippen LogP contribution in [0.25, 0.3) is 0 Å². The fraction of sp³-hybridized carbons (Fsp3) is 0.643. The highest BCUT2D eigenvalue weighted by Crippen LogP contribution is 2.22. The Morgan fingerprint density at radius 3 is 2.53 bits per heavy atom. The maximum absolute atomic E-state index is 12.1. The Kier molecular flexibility index (Phi) is 4.16. The van der Waals surface area contributed by atoms with Crippen LogP contribution in [0, 0.1) is 0 Å². The van der Waals surface area contributed by atoms with Crippen molar-refractivity contribution in [3.8, 4) is 0 Å². The van der Waals surface area contributed by atoms with E-state index >= 15 is 0 Å². The van der Waals surface area contributed by atoms with Crippen LogP contribution >= 0.6 is 11.3 Å². The second-order valence-corrected chi connectivity index (χ2v) is 7.03. The van der Waals surface area contributed by atoms with Crippen LogP contribution in [0.5, 0.6) is 0 Å².